The van der Waals surface area contributed by atoms with Crippen molar-refractivity contribution in [3.8, 4) is 0 Å². The summed E-state index contributed by atoms with van der Waals surface area (Å²) in [6.45, 7) is 0. The molecule has 4 heavy (non-hydrogen) atoms. The first-order valence-electron chi connectivity index (χ1n) is 4.62. The molecule has 0 N–H and O–H groups in total. The van der Waals surface area contributed by atoms with Gasteiger partial charge in [0.15, 0.2) is 0 Å². The van der Waals surface area contributed by atoms with Crippen LogP contribution in [0.3, 0.4) is 0 Å². The maximum absolute atomic E-state index is 5.75. The molecule has 0 amide bonds. The van der Waals surface area contributed by atoms with Crippen molar-refractivity contribution < 1.29 is 0 Å². The average molecular weight is 63.4 g/mol. The van der Waals surface area contributed by atoms with Gasteiger partial charge >= 0.3 is 0 Å². The Kier molecular flexibility index (Phi) is 40.9. The van der Waals surface area contributed by atoms with Crippen molar-refractivity contribution in [1.29, 1.82) is 10.7 Å². The highest BCUT2D eigenvalue weighted by molar-refractivity contribution is 5.76. The predicted molar refractivity (Wildman–Crippen MR) is 34.2 cm³/mol. The van der Waals surface area contributed by atoms with E-state index in [4.69, 9.17) is 10.7 Å². The van der Waals surface area contributed by atoms with Crippen LogP contribution in [0, 0.1) is 0 Å². The fraction of sp³-hybridized carbons (Fsp3) is 0. The molecule has 0 spiro atoms. The third kappa shape index (κ3) is 53.2. The van der Waals surface area contributed by atoms with Crippen molar-refractivity contribution in [3.05, 3.63) is 0 Å². The van der Waals surface area contributed by atoms with Crippen LogP contribution in [0.2, 0.25) is 0 Å². The Morgan fingerprint density at radius 1 is 1.50 bits per heavy atom. The Balaban J connectivity index is -0.0000000356. The molecule has 0 aliphatic rings. The summed E-state index contributed by atoms with van der Waals surface area (Å²) in [4.78, 5) is 0. The minimum absolute atomic E-state index is 0.500. The van der Waals surface area contributed by atoms with E-state index in [1.807, 2.05) is 0 Å². The third-order valence-electron chi connectivity index (χ3n) is 0. The van der Waals surface area contributed by atoms with E-state index in [1.54, 1.807) is 0 Å². The van der Waals surface area contributed by atoms with Crippen molar-refractivity contribution in [1.82, 2.24) is 0 Å². The van der Waals surface area contributed by atoms with E-state index < -0.39 is 0 Å². The van der Waals surface area contributed by atoms with Crippen LogP contribution in [0.15, 0.2) is 0 Å². The Labute approximate surface area is 45.5 Å². The Bertz CT molecular complexity index is 19.0. The van der Waals surface area contributed by atoms with Crippen LogP contribution < -0.4 is 0 Å². The van der Waals surface area contributed by atoms with E-state index in [-0.39, 0.29) is 0 Å². The van der Waals surface area contributed by atoms with E-state index in [0.29, 0.717) is 33.4 Å². The van der Waals surface area contributed by atoms with Crippen LogP contribution in [0.5, 0.6) is 0 Å². The van der Waals surface area contributed by atoms with E-state index in [2.05, 4.69) is 0 Å². The largest absolute Gasteiger partial charge is 0.0643 e. The molecule has 4 heteroatoms. The number of hydrogen-bond donors (Lipinski definition) is 0. The van der Waals surface area contributed by atoms with E-state index in [9.17, 15) is 0 Å². The summed E-state index contributed by atoms with van der Waals surface area (Å²) in [6, 6.07) is 0. The minimum Gasteiger partial charge on any atom is -0.0321 e. The Morgan fingerprint density at radius 3 is 1.50 bits per heavy atom. The summed E-state index contributed by atoms with van der Waals surface area (Å²) >= 11 is 0. The summed E-state index contributed by atoms with van der Waals surface area (Å²) in [6.07, 6.45) is 0. The second-order valence-electron chi connectivity index (χ2n) is 0. The molecular weight excluding hydrogens is 43.2 g/mol. The predicted octanol–water partition coefficient (Wildman–Crippen LogP) is -3.66. The summed E-state index contributed by atoms with van der Waals surface area (Å²) in [5.74, 6) is 0. The van der Waals surface area contributed by atoms with Gasteiger partial charge in [-0.25, -0.2) is 0 Å². The number of rotatable bonds is 0. The maximum atomic E-state index is 5.75. The van der Waals surface area contributed by atoms with Crippen LogP contribution in [0.1, 0.15) is 0 Å². The van der Waals surface area contributed by atoms with Crippen LogP contribution in [0.25, 0.3) is 0 Å². The molecule has 0 atom stereocenters. The summed E-state index contributed by atoms with van der Waals surface area (Å²) in [5.41, 5.74) is 0. The first-order valence-corrected chi connectivity index (χ1v) is 0. The molecule has 0 rings (SSSR count). The van der Waals surface area contributed by atoms with Crippen LogP contribution in [-0.4, -0.2) is 44.0 Å². The normalized spacial score (nSPS) is 16.0. The van der Waals surface area contributed by atoms with Gasteiger partial charge in [0.05, 0.1) is 33.4 Å². The highest BCUT2D eigenvalue weighted by atomic mass is 10.8. The van der Waals surface area contributed by atoms with Gasteiger partial charge < -0.3 is 0 Å². The van der Waals surface area contributed by atoms with Crippen molar-refractivity contribution in [2.75, 3.05) is 0 Å². The van der Waals surface area contributed by atoms with Crippen molar-refractivity contribution in [3.63, 3.8) is 0 Å². The first-order chi connectivity index (χ1) is 5.66. The topological polar surface area (TPSA) is 0 Å². The van der Waals surface area contributed by atoms with E-state index >= 15 is 0 Å². The van der Waals surface area contributed by atoms with E-state index in [1.165, 1.54) is 0 Å². The number of hydrogen-bond acceptors (Lipinski definition) is 0. The standard InChI is InChI=1S/4BH2/h4*1H2/i4*1TD. The fourth-order valence-electron chi connectivity index (χ4n) is 0. The zero-order chi connectivity index (χ0) is 10.8. The zero-order valence-corrected chi connectivity index (χ0v) is 2.31. The molecule has 4 radical (unpaired) electrons. The van der Waals surface area contributed by atoms with Gasteiger partial charge in [-0.2, -0.15) is 0 Å². The van der Waals surface area contributed by atoms with Crippen LogP contribution >= 0.6 is 0 Å². The second kappa shape index (κ2) is 247. The molecule has 0 nitrogen and oxygen atoms in total. The molecular formula is H8B4. The summed E-state index contributed by atoms with van der Waals surface area (Å²) in [7, 11) is 2.00. The molecule has 0 saturated carbocycles. The van der Waals surface area contributed by atoms with Gasteiger partial charge in [-0.15, -0.1) is 0 Å². The highest BCUT2D eigenvalue weighted by Gasteiger charge is 0.0673. The molecule has 0 heterocycles. The van der Waals surface area contributed by atoms with Crippen LogP contribution in [0.4, 0.5) is 0 Å². The molecule has 0 fully saturated rings. The lowest BCUT2D eigenvalue weighted by atomic mass is 10.8. The summed E-state index contributed by atoms with van der Waals surface area (Å²) in [5, 5.41) is 0. The van der Waals surface area contributed by atoms with Crippen LogP contribution in [-0.2, 0) is 0 Å². The molecule has 0 aromatic carbocycles. The van der Waals surface area contributed by atoms with Gasteiger partial charge in [0.1, 0.15) is 0 Å². The third-order valence-corrected chi connectivity index (χ3v) is 0. The highest BCUT2D eigenvalue weighted by Crippen LogP contribution is -0.378. The molecule has 0 aliphatic carbocycles. The van der Waals surface area contributed by atoms with Gasteiger partial charge in [0.25, 0.3) is 0 Å². The first kappa shape index (κ1) is 0.663. The monoisotopic (exact) mass is 64.2 g/mol. The Hall–Kier alpha value is 0.260. The quantitative estimate of drug-likeness (QED) is 0.254. The summed E-state index contributed by atoms with van der Waals surface area (Å²) < 4.78 is 46.0. The van der Waals surface area contributed by atoms with Gasteiger partial charge in [-0.05, 0) is 10.7 Å². The van der Waals surface area contributed by atoms with Crippen molar-refractivity contribution in [2.45, 2.75) is 0 Å². The van der Waals surface area contributed by atoms with Gasteiger partial charge in [-0.3, -0.25) is 0 Å². The molecule has 0 aromatic heterocycles. The maximum Gasteiger partial charge on any atom is 0.0643 e. The van der Waals surface area contributed by atoms with Crippen molar-refractivity contribution in [2.24, 2.45) is 0 Å². The second-order valence-corrected chi connectivity index (χ2v) is 0. The van der Waals surface area contributed by atoms with E-state index in [0.717, 1.165) is 0 Å². The molecule has 0 unspecified atom stereocenters. The molecule has 0 bridgehead atoms. The molecule has 0 aromatic rings. The molecule has 0 aliphatic heterocycles. The molecule has 20 valence electrons. The Morgan fingerprint density at radius 2 is 1.50 bits per heavy atom. The zero-order valence-electron chi connectivity index (χ0n) is 10.3. The lowest BCUT2D eigenvalue weighted by Gasteiger charge is 0.0633. The average Bonchev–Trinajstić information content (AvgIpc) is 1.92. The fourth-order valence-corrected chi connectivity index (χ4v) is 0. The lowest BCUT2D eigenvalue weighted by molar-refractivity contribution is 5.75. The SMILES string of the molecule is [2H][B][3H].[2H][B][3H].[2H][B][3H].[2H][B][3H]. The minimum atomic E-state index is 0.500. The van der Waals surface area contributed by atoms with Gasteiger partial charge in [0, 0.05) is 0 Å². The van der Waals surface area contributed by atoms with Crippen molar-refractivity contribution >= 4 is 33.4 Å². The smallest absolute Gasteiger partial charge is 0.0321 e. The van der Waals surface area contributed by atoms with Gasteiger partial charge in [0.2, 0.25) is 0 Å². The lowest BCUT2D eigenvalue weighted by Crippen LogP contribution is -0.382. The van der Waals surface area contributed by atoms with Gasteiger partial charge in [-0.1, -0.05) is 0 Å². The molecule has 0 saturated heterocycles.